The lowest BCUT2D eigenvalue weighted by molar-refractivity contribution is 0.224. The van der Waals surface area contributed by atoms with Crippen molar-refractivity contribution in [2.24, 2.45) is 0 Å². The number of hydrogen-bond donors (Lipinski definition) is 0. The topological polar surface area (TPSA) is 52.6 Å². The van der Waals surface area contributed by atoms with Crippen molar-refractivity contribution in [1.29, 1.82) is 0 Å². The summed E-state index contributed by atoms with van der Waals surface area (Å²) in [7, 11) is -3.53. The first-order chi connectivity index (χ1) is 10.8. The van der Waals surface area contributed by atoms with Crippen LogP contribution in [0.5, 0.6) is 5.75 Å². The molecule has 0 heterocycles. The average Bonchev–Trinajstić information content (AvgIpc) is 2.49. The van der Waals surface area contributed by atoms with Crippen molar-refractivity contribution in [1.82, 2.24) is 0 Å². The van der Waals surface area contributed by atoms with Gasteiger partial charge in [0.15, 0.2) is 0 Å². The molecule has 2 aromatic rings. The average molecular weight is 375 g/mol. The summed E-state index contributed by atoms with van der Waals surface area (Å²) in [4.78, 5) is 0. The van der Waals surface area contributed by atoms with E-state index in [1.165, 1.54) is 0 Å². The predicted molar refractivity (Wildman–Crippen MR) is 91.9 cm³/mol. The van der Waals surface area contributed by atoms with Crippen LogP contribution in [-0.2, 0) is 14.3 Å². The first-order valence-corrected chi connectivity index (χ1v) is 9.39. The molecule has 2 rings (SSSR count). The summed E-state index contributed by atoms with van der Waals surface area (Å²) in [5.41, 5.74) is 0.866. The normalized spacial score (nSPS) is 12.8. The van der Waals surface area contributed by atoms with Crippen molar-refractivity contribution < 1.29 is 17.3 Å². The van der Waals surface area contributed by atoms with Crippen LogP contribution >= 0.6 is 23.2 Å². The van der Waals surface area contributed by atoms with Crippen molar-refractivity contribution in [2.45, 2.75) is 5.92 Å². The van der Waals surface area contributed by atoms with Gasteiger partial charge in [0, 0.05) is 10.9 Å². The Kier molecular flexibility index (Phi) is 6.30. The van der Waals surface area contributed by atoms with E-state index in [0.717, 1.165) is 11.8 Å². The lowest BCUT2D eigenvalue weighted by Crippen LogP contribution is -2.18. The van der Waals surface area contributed by atoms with E-state index in [1.807, 2.05) is 18.2 Å². The van der Waals surface area contributed by atoms with Gasteiger partial charge in [-0.1, -0.05) is 47.5 Å². The SMILES string of the molecule is CS(=O)(=O)OC[C@@H](COc1ccccc1Cl)c1ccc(Cl)cc1. The van der Waals surface area contributed by atoms with Gasteiger partial charge in [0.05, 0.1) is 24.5 Å². The third-order valence-corrected chi connectivity index (χ3v) is 4.23. The third kappa shape index (κ3) is 6.03. The molecule has 0 unspecified atom stereocenters. The Morgan fingerprint density at radius 3 is 2.26 bits per heavy atom. The van der Waals surface area contributed by atoms with Gasteiger partial charge in [-0.25, -0.2) is 0 Å². The van der Waals surface area contributed by atoms with E-state index in [-0.39, 0.29) is 19.1 Å². The highest BCUT2D eigenvalue weighted by molar-refractivity contribution is 7.85. The molecule has 0 radical (unpaired) electrons. The van der Waals surface area contributed by atoms with Crippen molar-refractivity contribution in [3.05, 3.63) is 64.1 Å². The van der Waals surface area contributed by atoms with Crippen LogP contribution in [0, 0.1) is 0 Å². The second-order valence-corrected chi connectivity index (χ2v) is 7.47. The maximum atomic E-state index is 11.2. The van der Waals surface area contributed by atoms with Gasteiger partial charge in [-0.15, -0.1) is 0 Å². The molecule has 0 aromatic heterocycles. The summed E-state index contributed by atoms with van der Waals surface area (Å²) in [5, 5.41) is 1.09. The first kappa shape index (κ1) is 18.1. The van der Waals surface area contributed by atoms with Crippen LogP contribution < -0.4 is 4.74 Å². The predicted octanol–water partition coefficient (Wildman–Crippen LogP) is 4.13. The van der Waals surface area contributed by atoms with Crippen molar-refractivity contribution in [3.8, 4) is 5.75 Å². The highest BCUT2D eigenvalue weighted by atomic mass is 35.5. The summed E-state index contributed by atoms with van der Waals surface area (Å²) in [5.74, 6) is 0.255. The number of rotatable bonds is 7. The van der Waals surface area contributed by atoms with Gasteiger partial charge in [-0.3, -0.25) is 4.18 Å². The molecule has 0 amide bonds. The summed E-state index contributed by atoms with van der Waals surface area (Å²) in [6.07, 6.45) is 1.01. The van der Waals surface area contributed by atoms with Crippen LogP contribution in [0.3, 0.4) is 0 Å². The monoisotopic (exact) mass is 374 g/mol. The van der Waals surface area contributed by atoms with Crippen LogP contribution in [0.1, 0.15) is 11.5 Å². The van der Waals surface area contributed by atoms with Gasteiger partial charge in [0.2, 0.25) is 0 Å². The van der Waals surface area contributed by atoms with Crippen molar-refractivity contribution >= 4 is 33.3 Å². The Balaban J connectivity index is 2.12. The van der Waals surface area contributed by atoms with Crippen molar-refractivity contribution in [2.75, 3.05) is 19.5 Å². The fourth-order valence-corrected chi connectivity index (χ4v) is 2.66. The first-order valence-electron chi connectivity index (χ1n) is 6.82. The lowest BCUT2D eigenvalue weighted by Gasteiger charge is -2.18. The molecule has 4 nitrogen and oxygen atoms in total. The third-order valence-electron chi connectivity index (χ3n) is 3.10. The Bertz CT molecular complexity index is 745. The van der Waals surface area contributed by atoms with Crippen LogP contribution in [-0.4, -0.2) is 27.9 Å². The summed E-state index contributed by atoms with van der Waals surface area (Å²) in [6, 6.07) is 14.2. The zero-order valence-corrected chi connectivity index (χ0v) is 14.7. The maximum absolute atomic E-state index is 11.2. The van der Waals surface area contributed by atoms with E-state index in [2.05, 4.69) is 0 Å². The molecule has 0 bridgehead atoms. The van der Waals surface area contributed by atoms with E-state index >= 15 is 0 Å². The Hall–Kier alpha value is -1.27. The number of para-hydroxylation sites is 1. The molecular weight excluding hydrogens is 359 g/mol. The molecule has 0 saturated carbocycles. The van der Waals surface area contributed by atoms with Crippen LogP contribution in [0.4, 0.5) is 0 Å². The van der Waals surface area contributed by atoms with Gasteiger partial charge in [-0.2, -0.15) is 8.42 Å². The minimum Gasteiger partial charge on any atom is -0.491 e. The van der Waals surface area contributed by atoms with Gasteiger partial charge in [0.25, 0.3) is 10.1 Å². The zero-order valence-electron chi connectivity index (χ0n) is 12.4. The standard InChI is InChI=1S/C16H16Cl2O4S/c1-23(19,20)22-11-13(12-6-8-14(17)9-7-12)10-21-16-5-3-2-4-15(16)18/h2-9,13H,10-11H2,1H3/t13-/m1/s1. The fraction of sp³-hybridized carbons (Fsp3) is 0.250. The molecular formula is C16H16Cl2O4S. The number of benzene rings is 2. The molecule has 0 aliphatic carbocycles. The molecule has 0 aliphatic heterocycles. The molecule has 7 heteroatoms. The van der Waals surface area contributed by atoms with Crippen LogP contribution in [0.15, 0.2) is 48.5 Å². The van der Waals surface area contributed by atoms with Crippen molar-refractivity contribution in [3.63, 3.8) is 0 Å². The molecule has 0 fully saturated rings. The molecule has 0 spiro atoms. The van der Waals surface area contributed by atoms with Crippen LogP contribution in [0.25, 0.3) is 0 Å². The molecule has 124 valence electrons. The highest BCUT2D eigenvalue weighted by Gasteiger charge is 2.17. The molecule has 2 aromatic carbocycles. The number of halogens is 2. The zero-order chi connectivity index (χ0) is 16.9. The Morgan fingerprint density at radius 1 is 1.00 bits per heavy atom. The van der Waals surface area contributed by atoms with Gasteiger partial charge in [0.1, 0.15) is 5.75 Å². The number of ether oxygens (including phenoxy) is 1. The van der Waals surface area contributed by atoms with Gasteiger partial charge >= 0.3 is 0 Å². The highest BCUT2D eigenvalue weighted by Crippen LogP contribution is 2.26. The summed E-state index contributed by atoms with van der Waals surface area (Å²) in [6.45, 7) is 0.200. The minimum atomic E-state index is -3.53. The summed E-state index contributed by atoms with van der Waals surface area (Å²) < 4.78 is 33.1. The second-order valence-electron chi connectivity index (χ2n) is 4.98. The molecule has 0 aliphatic rings. The van der Waals surface area contributed by atoms with E-state index in [0.29, 0.717) is 15.8 Å². The Morgan fingerprint density at radius 2 is 1.65 bits per heavy atom. The smallest absolute Gasteiger partial charge is 0.264 e. The van der Waals surface area contributed by atoms with Gasteiger partial charge in [-0.05, 0) is 29.8 Å². The largest absolute Gasteiger partial charge is 0.491 e. The molecule has 0 N–H and O–H groups in total. The van der Waals surface area contributed by atoms with Crippen LogP contribution in [0.2, 0.25) is 10.0 Å². The van der Waals surface area contributed by atoms with E-state index in [9.17, 15) is 8.42 Å². The fourth-order valence-electron chi connectivity index (χ4n) is 1.93. The lowest BCUT2D eigenvalue weighted by atomic mass is 10.0. The second kappa shape index (κ2) is 8.02. The molecule has 1 atom stereocenters. The van der Waals surface area contributed by atoms with E-state index < -0.39 is 10.1 Å². The molecule has 23 heavy (non-hydrogen) atoms. The van der Waals surface area contributed by atoms with E-state index in [1.54, 1.807) is 30.3 Å². The van der Waals surface area contributed by atoms with E-state index in [4.69, 9.17) is 32.1 Å². The minimum absolute atomic E-state index is 0.0229. The molecule has 0 saturated heterocycles. The maximum Gasteiger partial charge on any atom is 0.264 e. The summed E-state index contributed by atoms with van der Waals surface area (Å²) >= 11 is 11.9. The Labute approximate surface area is 146 Å². The quantitative estimate of drug-likeness (QED) is 0.683. The number of hydrogen-bond acceptors (Lipinski definition) is 4. The van der Waals surface area contributed by atoms with Gasteiger partial charge < -0.3 is 4.74 Å².